The molecule has 0 aliphatic heterocycles. The zero-order valence-corrected chi connectivity index (χ0v) is 7.81. The van der Waals surface area contributed by atoms with Gasteiger partial charge in [0.05, 0.1) is 5.52 Å². The van der Waals surface area contributed by atoms with Crippen molar-refractivity contribution in [2.75, 3.05) is 0 Å². The topological polar surface area (TPSA) is 53.4 Å². The Hall–Kier alpha value is -1.39. The molecule has 2 aromatic rings. The summed E-state index contributed by atoms with van der Waals surface area (Å²) in [6.45, 7) is 1.77. The van der Waals surface area contributed by atoms with Gasteiger partial charge in [-0.2, -0.15) is 0 Å². The van der Waals surface area contributed by atoms with Crippen LogP contribution in [0.1, 0.15) is 5.69 Å². The van der Waals surface area contributed by atoms with Crippen LogP contribution in [0.4, 0.5) is 0 Å². The molecule has 0 aliphatic carbocycles. The smallest absolute Gasteiger partial charge is 0.423 e. The minimum atomic E-state index is -1.45. The molecule has 3 nitrogen and oxygen atoms in total. The number of hydrogen-bond acceptors (Lipinski definition) is 3. The zero-order chi connectivity index (χ0) is 10.1. The van der Waals surface area contributed by atoms with E-state index in [1.165, 1.54) is 0 Å². The summed E-state index contributed by atoms with van der Waals surface area (Å²) < 4.78 is 0. The lowest BCUT2D eigenvalue weighted by Crippen LogP contribution is -2.32. The molecule has 0 amide bonds. The van der Waals surface area contributed by atoms with Crippen LogP contribution in [0.3, 0.4) is 0 Å². The van der Waals surface area contributed by atoms with Gasteiger partial charge in [0.15, 0.2) is 0 Å². The second-order valence-electron chi connectivity index (χ2n) is 3.23. The van der Waals surface area contributed by atoms with Crippen molar-refractivity contribution in [1.29, 1.82) is 0 Å². The molecule has 0 spiro atoms. The van der Waals surface area contributed by atoms with E-state index in [1.54, 1.807) is 13.0 Å². The fourth-order valence-electron chi connectivity index (χ4n) is 1.49. The third-order valence-corrected chi connectivity index (χ3v) is 2.23. The number of aryl methyl sites for hydroxylation is 1. The molecule has 14 heavy (non-hydrogen) atoms. The van der Waals surface area contributed by atoms with Crippen LogP contribution in [0, 0.1) is 6.92 Å². The predicted octanol–water partition coefficient (Wildman–Crippen LogP) is 0.223. The van der Waals surface area contributed by atoms with Crippen molar-refractivity contribution in [1.82, 2.24) is 4.98 Å². The summed E-state index contributed by atoms with van der Waals surface area (Å²) in [6.07, 6.45) is 0. The monoisotopic (exact) mass is 187 g/mol. The maximum Gasteiger partial charge on any atom is 0.490 e. The van der Waals surface area contributed by atoms with E-state index >= 15 is 0 Å². The molecule has 2 rings (SSSR count). The molecule has 1 aromatic heterocycles. The van der Waals surface area contributed by atoms with E-state index in [2.05, 4.69) is 4.98 Å². The Kier molecular flexibility index (Phi) is 2.23. The summed E-state index contributed by atoms with van der Waals surface area (Å²) in [5, 5.41) is 19.1. The third-order valence-electron chi connectivity index (χ3n) is 2.23. The van der Waals surface area contributed by atoms with Crippen molar-refractivity contribution in [3.63, 3.8) is 0 Å². The van der Waals surface area contributed by atoms with Gasteiger partial charge in [0, 0.05) is 11.2 Å². The van der Waals surface area contributed by atoms with Crippen molar-refractivity contribution in [2.45, 2.75) is 6.92 Å². The number of aromatic nitrogens is 1. The standard InChI is InChI=1S/C10H10BNO2/c1-7-9(11(13)14)6-8-4-2-3-5-10(8)12-7/h2-6,13-14H,1H3. The van der Waals surface area contributed by atoms with Gasteiger partial charge in [-0.1, -0.05) is 24.3 Å². The maximum atomic E-state index is 9.08. The number of nitrogens with zero attached hydrogens (tertiary/aromatic N) is 1. The van der Waals surface area contributed by atoms with Crippen molar-refractivity contribution in [2.24, 2.45) is 0 Å². The second-order valence-corrected chi connectivity index (χ2v) is 3.23. The summed E-state index contributed by atoms with van der Waals surface area (Å²) in [6, 6.07) is 9.35. The minimum Gasteiger partial charge on any atom is -0.423 e. The normalized spacial score (nSPS) is 10.5. The molecule has 1 heterocycles. The molecule has 2 N–H and O–H groups in total. The molecule has 0 unspecified atom stereocenters. The van der Waals surface area contributed by atoms with Crippen LogP contribution in [0.5, 0.6) is 0 Å². The van der Waals surface area contributed by atoms with Gasteiger partial charge in [0.1, 0.15) is 0 Å². The van der Waals surface area contributed by atoms with Crippen LogP contribution in [-0.4, -0.2) is 22.2 Å². The molecule has 4 heteroatoms. The highest BCUT2D eigenvalue weighted by molar-refractivity contribution is 6.59. The Morgan fingerprint density at radius 1 is 1.21 bits per heavy atom. The minimum absolute atomic E-state index is 0.462. The van der Waals surface area contributed by atoms with Gasteiger partial charge < -0.3 is 10.0 Å². The first-order chi connectivity index (χ1) is 6.68. The largest absolute Gasteiger partial charge is 0.490 e. The number of pyridine rings is 1. The van der Waals surface area contributed by atoms with Crippen LogP contribution in [0.25, 0.3) is 10.9 Å². The molecule has 0 saturated carbocycles. The van der Waals surface area contributed by atoms with E-state index in [0.29, 0.717) is 11.2 Å². The van der Waals surface area contributed by atoms with Gasteiger partial charge in [-0.25, -0.2) is 0 Å². The maximum absolute atomic E-state index is 9.08. The van der Waals surface area contributed by atoms with Gasteiger partial charge in [-0.15, -0.1) is 0 Å². The molecule has 0 saturated heterocycles. The summed E-state index contributed by atoms with van der Waals surface area (Å²) in [5.74, 6) is 0. The number of rotatable bonds is 1. The lowest BCUT2D eigenvalue weighted by molar-refractivity contribution is 0.425. The first-order valence-electron chi connectivity index (χ1n) is 4.41. The molecule has 0 atom stereocenters. The average molecular weight is 187 g/mol. The molecule has 0 fully saturated rings. The Morgan fingerprint density at radius 3 is 2.64 bits per heavy atom. The SMILES string of the molecule is Cc1nc2ccccc2cc1B(O)O. The van der Waals surface area contributed by atoms with E-state index in [4.69, 9.17) is 10.0 Å². The first kappa shape index (κ1) is 9.18. The van der Waals surface area contributed by atoms with Gasteiger partial charge >= 0.3 is 7.12 Å². The van der Waals surface area contributed by atoms with Crippen molar-refractivity contribution >= 4 is 23.5 Å². The van der Waals surface area contributed by atoms with Crippen LogP contribution in [0.15, 0.2) is 30.3 Å². The number of para-hydroxylation sites is 1. The van der Waals surface area contributed by atoms with Crippen molar-refractivity contribution < 1.29 is 10.0 Å². The highest BCUT2D eigenvalue weighted by atomic mass is 16.4. The van der Waals surface area contributed by atoms with Crippen LogP contribution in [0.2, 0.25) is 0 Å². The zero-order valence-electron chi connectivity index (χ0n) is 7.81. The summed E-state index contributed by atoms with van der Waals surface area (Å²) in [4.78, 5) is 4.28. The molecular formula is C10H10BNO2. The van der Waals surface area contributed by atoms with E-state index in [1.807, 2.05) is 24.3 Å². The number of hydrogen-bond donors (Lipinski definition) is 2. The van der Waals surface area contributed by atoms with Gasteiger partial charge in [0.2, 0.25) is 0 Å². The lowest BCUT2D eigenvalue weighted by Gasteiger charge is -2.05. The number of benzene rings is 1. The highest BCUT2D eigenvalue weighted by Gasteiger charge is 2.15. The van der Waals surface area contributed by atoms with Crippen LogP contribution >= 0.6 is 0 Å². The van der Waals surface area contributed by atoms with Gasteiger partial charge in [-0.05, 0) is 18.4 Å². The number of fused-ring (bicyclic) bond motifs is 1. The Bertz CT molecular complexity index is 471. The molecule has 0 aliphatic rings. The van der Waals surface area contributed by atoms with E-state index < -0.39 is 7.12 Å². The molecule has 0 radical (unpaired) electrons. The van der Waals surface area contributed by atoms with Crippen LogP contribution < -0.4 is 5.46 Å². The summed E-state index contributed by atoms with van der Waals surface area (Å²) in [7, 11) is -1.45. The third kappa shape index (κ3) is 1.50. The Labute approximate surface area is 82.2 Å². The molecular weight excluding hydrogens is 177 g/mol. The predicted molar refractivity (Wildman–Crippen MR) is 56.3 cm³/mol. The Balaban J connectivity index is 2.71. The fourth-order valence-corrected chi connectivity index (χ4v) is 1.49. The first-order valence-corrected chi connectivity index (χ1v) is 4.41. The quantitative estimate of drug-likeness (QED) is 0.628. The Morgan fingerprint density at radius 2 is 1.93 bits per heavy atom. The van der Waals surface area contributed by atoms with Crippen LogP contribution in [-0.2, 0) is 0 Å². The summed E-state index contributed by atoms with van der Waals surface area (Å²) >= 11 is 0. The van der Waals surface area contributed by atoms with Crippen molar-refractivity contribution in [3.05, 3.63) is 36.0 Å². The molecule has 1 aromatic carbocycles. The second kappa shape index (κ2) is 3.40. The average Bonchev–Trinajstić information content (AvgIpc) is 2.16. The van der Waals surface area contributed by atoms with Gasteiger partial charge in [-0.3, -0.25) is 4.98 Å². The summed E-state index contributed by atoms with van der Waals surface area (Å²) in [5.41, 5.74) is 1.98. The van der Waals surface area contributed by atoms with Gasteiger partial charge in [0.25, 0.3) is 0 Å². The van der Waals surface area contributed by atoms with Crippen molar-refractivity contribution in [3.8, 4) is 0 Å². The fraction of sp³-hybridized carbons (Fsp3) is 0.100. The van der Waals surface area contributed by atoms with E-state index in [9.17, 15) is 0 Å². The van der Waals surface area contributed by atoms with E-state index in [0.717, 1.165) is 10.9 Å². The highest BCUT2D eigenvalue weighted by Crippen LogP contribution is 2.10. The lowest BCUT2D eigenvalue weighted by atomic mass is 9.78. The van der Waals surface area contributed by atoms with E-state index in [-0.39, 0.29) is 0 Å². The molecule has 0 bridgehead atoms. The molecule has 70 valence electrons.